The summed E-state index contributed by atoms with van der Waals surface area (Å²) in [4.78, 5) is 0. The molecule has 1 rings (SSSR count). The normalized spacial score (nSPS) is 12.9. The van der Waals surface area contributed by atoms with E-state index in [9.17, 15) is 13.9 Å². The van der Waals surface area contributed by atoms with Gasteiger partial charge in [0.15, 0.2) is 0 Å². The first-order chi connectivity index (χ1) is 6.65. The number of hydrogen-bond acceptors (Lipinski definition) is 1. The first kappa shape index (κ1) is 11.4. The van der Waals surface area contributed by atoms with Gasteiger partial charge in [0, 0.05) is 11.4 Å². The van der Waals surface area contributed by atoms with Crippen LogP contribution in [-0.4, -0.2) is 11.0 Å². The van der Waals surface area contributed by atoms with E-state index >= 15 is 0 Å². The fourth-order valence-corrected chi connectivity index (χ4v) is 1.35. The van der Waals surface area contributed by atoms with E-state index in [1.807, 2.05) is 0 Å². The highest BCUT2D eigenvalue weighted by molar-refractivity contribution is 6.17. The summed E-state index contributed by atoms with van der Waals surface area (Å²) in [6, 6.07) is 3.04. The van der Waals surface area contributed by atoms with Crippen molar-refractivity contribution in [2.24, 2.45) is 0 Å². The summed E-state index contributed by atoms with van der Waals surface area (Å²) in [5.74, 6) is -0.742. The van der Waals surface area contributed by atoms with Gasteiger partial charge in [0.2, 0.25) is 0 Å². The van der Waals surface area contributed by atoms with Crippen LogP contribution < -0.4 is 0 Å². The Hall–Kier alpha value is -0.670. The fourth-order valence-electron chi connectivity index (χ4n) is 1.20. The van der Waals surface area contributed by atoms with E-state index in [0.29, 0.717) is 18.7 Å². The molecule has 14 heavy (non-hydrogen) atoms. The highest BCUT2D eigenvalue weighted by Gasteiger charge is 2.12. The quantitative estimate of drug-likeness (QED) is 0.774. The minimum atomic E-state index is -0.982. The van der Waals surface area contributed by atoms with Gasteiger partial charge in [-0.1, -0.05) is 0 Å². The number of aliphatic hydroxyl groups excluding tert-OH is 1. The molecule has 1 N–H and O–H groups in total. The third kappa shape index (κ3) is 2.93. The van der Waals surface area contributed by atoms with Crippen LogP contribution in [0.15, 0.2) is 18.2 Å². The van der Waals surface area contributed by atoms with E-state index in [2.05, 4.69) is 0 Å². The number of rotatable bonds is 4. The predicted octanol–water partition coefficient (Wildman–Crippen LogP) is 3.02. The lowest BCUT2D eigenvalue weighted by Crippen LogP contribution is -2.01. The second-order valence-electron chi connectivity index (χ2n) is 3.01. The van der Waals surface area contributed by atoms with Crippen molar-refractivity contribution in [3.63, 3.8) is 0 Å². The zero-order valence-corrected chi connectivity index (χ0v) is 8.27. The molecule has 0 radical (unpaired) electrons. The molecule has 0 aliphatic heterocycles. The minimum Gasteiger partial charge on any atom is -0.388 e. The molecule has 0 aromatic heterocycles. The second-order valence-corrected chi connectivity index (χ2v) is 3.39. The van der Waals surface area contributed by atoms with Gasteiger partial charge in [-0.2, -0.15) is 0 Å². The van der Waals surface area contributed by atoms with Crippen molar-refractivity contribution in [2.45, 2.75) is 18.9 Å². The van der Waals surface area contributed by atoms with Gasteiger partial charge in [0.1, 0.15) is 11.6 Å². The third-order valence-corrected chi connectivity index (χ3v) is 2.20. The Bertz CT molecular complexity index is 304. The van der Waals surface area contributed by atoms with E-state index in [4.69, 9.17) is 11.6 Å². The van der Waals surface area contributed by atoms with Crippen molar-refractivity contribution in [1.29, 1.82) is 0 Å². The summed E-state index contributed by atoms with van der Waals surface area (Å²) in [5.41, 5.74) is -0.00452. The van der Waals surface area contributed by atoms with Crippen molar-refractivity contribution in [2.75, 3.05) is 5.88 Å². The van der Waals surface area contributed by atoms with E-state index in [0.717, 1.165) is 18.2 Å². The molecular formula is C10H11ClF2O. The van der Waals surface area contributed by atoms with Gasteiger partial charge in [-0.3, -0.25) is 0 Å². The standard InChI is InChI=1S/C10H11ClF2O/c11-5-1-2-10(14)8-6-7(12)3-4-9(8)13/h3-4,6,10,14H,1-2,5H2. The summed E-state index contributed by atoms with van der Waals surface area (Å²) in [6.07, 6.45) is -0.0767. The zero-order valence-electron chi connectivity index (χ0n) is 7.51. The molecule has 0 bridgehead atoms. The van der Waals surface area contributed by atoms with Crippen LogP contribution in [-0.2, 0) is 0 Å². The summed E-state index contributed by atoms with van der Waals surface area (Å²) in [6.45, 7) is 0. The fraction of sp³-hybridized carbons (Fsp3) is 0.400. The van der Waals surface area contributed by atoms with E-state index < -0.39 is 17.7 Å². The lowest BCUT2D eigenvalue weighted by atomic mass is 10.0. The number of alkyl halides is 1. The Balaban J connectivity index is 2.77. The van der Waals surface area contributed by atoms with Crippen LogP contribution in [0.25, 0.3) is 0 Å². The number of halogens is 3. The van der Waals surface area contributed by atoms with Crippen LogP contribution in [0.5, 0.6) is 0 Å². The Kier molecular flexibility index (Phi) is 4.29. The summed E-state index contributed by atoms with van der Waals surface area (Å²) >= 11 is 5.43. The predicted molar refractivity (Wildman–Crippen MR) is 51.3 cm³/mol. The first-order valence-corrected chi connectivity index (χ1v) is 4.87. The molecule has 0 aliphatic rings. The van der Waals surface area contributed by atoms with Crippen molar-refractivity contribution >= 4 is 11.6 Å². The van der Waals surface area contributed by atoms with Crippen molar-refractivity contribution in [3.8, 4) is 0 Å². The smallest absolute Gasteiger partial charge is 0.129 e. The molecule has 1 aromatic carbocycles. The molecule has 0 saturated carbocycles. The summed E-state index contributed by atoms with van der Waals surface area (Å²) < 4.78 is 25.8. The molecule has 0 aliphatic carbocycles. The van der Waals surface area contributed by atoms with E-state index in [1.165, 1.54) is 0 Å². The molecule has 0 saturated heterocycles. The molecule has 0 spiro atoms. The first-order valence-electron chi connectivity index (χ1n) is 4.34. The Labute approximate surface area is 86.3 Å². The van der Waals surface area contributed by atoms with Gasteiger partial charge in [-0.15, -0.1) is 11.6 Å². The average molecular weight is 221 g/mol. The molecular weight excluding hydrogens is 210 g/mol. The largest absolute Gasteiger partial charge is 0.388 e. The number of benzene rings is 1. The number of aliphatic hydroxyl groups is 1. The van der Waals surface area contributed by atoms with Crippen molar-refractivity contribution in [3.05, 3.63) is 35.4 Å². The molecule has 0 heterocycles. The Morgan fingerprint density at radius 2 is 2.07 bits per heavy atom. The minimum absolute atomic E-state index is 0.00452. The molecule has 78 valence electrons. The Morgan fingerprint density at radius 3 is 2.71 bits per heavy atom. The average Bonchev–Trinajstić information content (AvgIpc) is 2.18. The topological polar surface area (TPSA) is 20.2 Å². The van der Waals surface area contributed by atoms with Crippen LogP contribution in [0.2, 0.25) is 0 Å². The number of hydrogen-bond donors (Lipinski definition) is 1. The van der Waals surface area contributed by atoms with Crippen LogP contribution in [0.4, 0.5) is 8.78 Å². The van der Waals surface area contributed by atoms with E-state index in [-0.39, 0.29) is 5.56 Å². The van der Waals surface area contributed by atoms with Gasteiger partial charge in [0.25, 0.3) is 0 Å². The molecule has 1 unspecified atom stereocenters. The third-order valence-electron chi connectivity index (χ3n) is 1.93. The lowest BCUT2D eigenvalue weighted by molar-refractivity contribution is 0.161. The lowest BCUT2D eigenvalue weighted by Gasteiger charge is -2.10. The maximum atomic E-state index is 13.1. The second kappa shape index (κ2) is 5.27. The molecule has 1 nitrogen and oxygen atoms in total. The van der Waals surface area contributed by atoms with E-state index in [1.54, 1.807) is 0 Å². The molecule has 0 amide bonds. The Morgan fingerprint density at radius 1 is 1.36 bits per heavy atom. The van der Waals surface area contributed by atoms with Crippen molar-refractivity contribution in [1.82, 2.24) is 0 Å². The molecule has 1 aromatic rings. The van der Waals surface area contributed by atoms with Crippen LogP contribution in [0, 0.1) is 11.6 Å². The highest BCUT2D eigenvalue weighted by Crippen LogP contribution is 2.22. The highest BCUT2D eigenvalue weighted by atomic mass is 35.5. The van der Waals surface area contributed by atoms with Crippen LogP contribution in [0.3, 0.4) is 0 Å². The zero-order chi connectivity index (χ0) is 10.6. The maximum absolute atomic E-state index is 13.1. The van der Waals surface area contributed by atoms with Gasteiger partial charge in [-0.05, 0) is 31.0 Å². The van der Waals surface area contributed by atoms with Gasteiger partial charge >= 0.3 is 0 Å². The van der Waals surface area contributed by atoms with Crippen molar-refractivity contribution < 1.29 is 13.9 Å². The van der Waals surface area contributed by atoms with Gasteiger partial charge < -0.3 is 5.11 Å². The summed E-state index contributed by atoms with van der Waals surface area (Å²) in [7, 11) is 0. The van der Waals surface area contributed by atoms with Gasteiger partial charge in [0.05, 0.1) is 6.10 Å². The van der Waals surface area contributed by atoms with Gasteiger partial charge in [-0.25, -0.2) is 8.78 Å². The molecule has 1 atom stereocenters. The SMILES string of the molecule is OC(CCCCl)c1cc(F)ccc1F. The van der Waals surface area contributed by atoms with Crippen LogP contribution in [0.1, 0.15) is 24.5 Å². The summed E-state index contributed by atoms with van der Waals surface area (Å²) in [5, 5.41) is 9.49. The molecule has 0 fully saturated rings. The maximum Gasteiger partial charge on any atom is 0.129 e. The van der Waals surface area contributed by atoms with Crippen LogP contribution >= 0.6 is 11.6 Å². The molecule has 4 heteroatoms. The monoisotopic (exact) mass is 220 g/mol.